The second-order valence-electron chi connectivity index (χ2n) is 10.6. The van der Waals surface area contributed by atoms with Crippen LogP contribution in [0.4, 0.5) is 0 Å². The third-order valence-corrected chi connectivity index (χ3v) is 7.68. The van der Waals surface area contributed by atoms with Gasteiger partial charge in [0.25, 0.3) is 5.91 Å². The number of fused-ring (bicyclic) bond motifs is 1. The van der Waals surface area contributed by atoms with Crippen LogP contribution in [0.5, 0.6) is 0 Å². The van der Waals surface area contributed by atoms with Crippen molar-refractivity contribution in [2.24, 2.45) is 0 Å². The largest absolute Gasteiger partial charge is 0.393 e. The van der Waals surface area contributed by atoms with E-state index in [1.165, 1.54) is 11.1 Å². The summed E-state index contributed by atoms with van der Waals surface area (Å²) in [5, 5.41) is 17.1. The van der Waals surface area contributed by atoms with Gasteiger partial charge in [-0.05, 0) is 53.2 Å². The molecule has 1 aromatic heterocycles. The maximum Gasteiger partial charge on any atom is 0.258 e. The van der Waals surface area contributed by atoms with Crippen molar-refractivity contribution in [3.63, 3.8) is 0 Å². The summed E-state index contributed by atoms with van der Waals surface area (Å²) in [6.07, 6.45) is 11.4. The number of likely N-dealkylation sites (tertiary alicyclic amines) is 1. The number of ketones is 1. The molecule has 0 unspecified atom stereocenters. The van der Waals surface area contributed by atoms with Crippen LogP contribution < -0.4 is 5.32 Å². The molecule has 7 nitrogen and oxygen atoms in total. The molecule has 0 spiro atoms. The molecule has 2 aromatic carbocycles. The van der Waals surface area contributed by atoms with Crippen molar-refractivity contribution in [3.8, 4) is 0 Å². The van der Waals surface area contributed by atoms with Gasteiger partial charge < -0.3 is 10.4 Å². The molecule has 1 saturated heterocycles. The lowest BCUT2D eigenvalue weighted by atomic mass is 9.93. The third kappa shape index (κ3) is 5.85. The van der Waals surface area contributed by atoms with Crippen LogP contribution in [0.2, 0.25) is 0 Å². The average Bonchev–Trinajstić information content (AvgIpc) is 3.59. The monoisotopic (exact) mass is 520 g/mol. The smallest absolute Gasteiger partial charge is 0.258 e. The van der Waals surface area contributed by atoms with E-state index < -0.39 is 0 Å². The molecular formula is C32H32N4O3. The molecule has 1 fully saturated rings. The van der Waals surface area contributed by atoms with Gasteiger partial charge in [0.15, 0.2) is 5.78 Å². The van der Waals surface area contributed by atoms with E-state index >= 15 is 0 Å². The maximum atomic E-state index is 12.9. The number of Topliss-reactive ketones (excluding diaryl/α,β-unsaturated/α-hetero) is 1. The van der Waals surface area contributed by atoms with Crippen molar-refractivity contribution in [2.45, 2.75) is 44.9 Å². The first-order chi connectivity index (χ1) is 19.0. The van der Waals surface area contributed by atoms with Crippen molar-refractivity contribution in [1.29, 1.82) is 0 Å². The number of hydrogen-bond acceptors (Lipinski definition) is 5. The number of aliphatic hydroxyl groups is 1. The zero-order chi connectivity index (χ0) is 26.8. The molecule has 7 heteroatoms. The second kappa shape index (κ2) is 11.0. The van der Waals surface area contributed by atoms with Gasteiger partial charge in [0.2, 0.25) is 0 Å². The third-order valence-electron chi connectivity index (χ3n) is 7.68. The lowest BCUT2D eigenvalue weighted by Gasteiger charge is -2.29. The predicted octanol–water partition coefficient (Wildman–Crippen LogP) is 4.04. The van der Waals surface area contributed by atoms with E-state index in [0.29, 0.717) is 29.8 Å². The molecule has 2 aliphatic carbocycles. The molecule has 2 N–H and O–H groups in total. The van der Waals surface area contributed by atoms with Crippen LogP contribution in [0.15, 0.2) is 89.9 Å². The summed E-state index contributed by atoms with van der Waals surface area (Å²) < 4.78 is 1.74. The van der Waals surface area contributed by atoms with Gasteiger partial charge in [-0.25, -0.2) is 0 Å². The van der Waals surface area contributed by atoms with Crippen LogP contribution in [0, 0.1) is 0 Å². The van der Waals surface area contributed by atoms with Gasteiger partial charge in [-0.1, -0.05) is 60.7 Å². The molecule has 198 valence electrons. The minimum atomic E-state index is -0.246. The SMILES string of the molecule is O=C1CC=C(NC(=O)c2cnn(Cc3ccccc3)c2)C=C1C1=Cc2cc(CN3CCC(O)CC3)ccc2C1. The lowest BCUT2D eigenvalue weighted by Crippen LogP contribution is -2.35. The van der Waals surface area contributed by atoms with E-state index in [1.807, 2.05) is 30.3 Å². The number of hydrogen-bond donors (Lipinski definition) is 2. The van der Waals surface area contributed by atoms with Crippen molar-refractivity contribution in [2.75, 3.05) is 13.1 Å². The number of rotatable bonds is 7. The predicted molar refractivity (Wildman–Crippen MR) is 150 cm³/mol. The number of aromatic nitrogens is 2. The summed E-state index contributed by atoms with van der Waals surface area (Å²) >= 11 is 0. The molecule has 0 bridgehead atoms. The zero-order valence-electron chi connectivity index (χ0n) is 21.8. The van der Waals surface area contributed by atoms with Gasteiger partial charge in [0.05, 0.1) is 24.4 Å². The Hall–Kier alpha value is -4.07. The van der Waals surface area contributed by atoms with Gasteiger partial charge in [0.1, 0.15) is 0 Å². The highest BCUT2D eigenvalue weighted by Crippen LogP contribution is 2.33. The van der Waals surface area contributed by atoms with Crippen molar-refractivity contribution in [3.05, 3.63) is 118 Å². The Kier molecular flexibility index (Phi) is 7.09. The summed E-state index contributed by atoms with van der Waals surface area (Å²) in [4.78, 5) is 28.2. The normalized spacial score (nSPS) is 17.9. The molecule has 0 saturated carbocycles. The molecule has 6 rings (SSSR count). The minimum absolute atomic E-state index is 0.0647. The van der Waals surface area contributed by atoms with Crippen molar-refractivity contribution in [1.82, 2.24) is 20.0 Å². The fraction of sp³-hybridized carbons (Fsp3) is 0.281. The molecule has 0 atom stereocenters. The molecule has 3 aromatic rings. The summed E-state index contributed by atoms with van der Waals surface area (Å²) in [5.41, 5.74) is 7.48. The van der Waals surface area contributed by atoms with Crippen molar-refractivity contribution >= 4 is 17.8 Å². The van der Waals surface area contributed by atoms with Gasteiger partial charge in [-0.3, -0.25) is 19.2 Å². The van der Waals surface area contributed by atoms with E-state index in [4.69, 9.17) is 0 Å². The van der Waals surface area contributed by atoms with Gasteiger partial charge in [-0.2, -0.15) is 5.10 Å². The zero-order valence-corrected chi connectivity index (χ0v) is 21.8. The number of nitrogens with zero attached hydrogens (tertiary/aromatic N) is 3. The Labute approximate surface area is 228 Å². The van der Waals surface area contributed by atoms with Crippen LogP contribution in [0.3, 0.4) is 0 Å². The van der Waals surface area contributed by atoms with Crippen LogP contribution >= 0.6 is 0 Å². The minimum Gasteiger partial charge on any atom is -0.393 e. The summed E-state index contributed by atoms with van der Waals surface area (Å²) in [6, 6.07) is 16.5. The molecule has 1 amide bonds. The Balaban J connectivity index is 1.12. The summed E-state index contributed by atoms with van der Waals surface area (Å²) in [7, 11) is 0. The highest BCUT2D eigenvalue weighted by Gasteiger charge is 2.24. The van der Waals surface area contributed by atoms with E-state index in [2.05, 4.69) is 39.6 Å². The lowest BCUT2D eigenvalue weighted by molar-refractivity contribution is -0.114. The highest BCUT2D eigenvalue weighted by molar-refractivity contribution is 6.04. The van der Waals surface area contributed by atoms with Crippen LogP contribution in [0.1, 0.15) is 51.9 Å². The van der Waals surface area contributed by atoms with E-state index in [1.54, 1.807) is 29.2 Å². The molecular weight excluding hydrogens is 488 g/mol. The van der Waals surface area contributed by atoms with E-state index in [9.17, 15) is 14.7 Å². The summed E-state index contributed by atoms with van der Waals surface area (Å²) in [5.74, 6) is -0.182. The number of carbonyl (C=O) groups is 2. The first-order valence-corrected chi connectivity index (χ1v) is 13.6. The number of carbonyl (C=O) groups excluding carboxylic acids is 2. The highest BCUT2D eigenvalue weighted by atomic mass is 16.3. The topological polar surface area (TPSA) is 87.5 Å². The Morgan fingerprint density at radius 3 is 2.67 bits per heavy atom. The van der Waals surface area contributed by atoms with Crippen LogP contribution in [0.25, 0.3) is 6.08 Å². The van der Waals surface area contributed by atoms with Crippen LogP contribution in [-0.4, -0.2) is 50.7 Å². The number of allylic oxidation sites excluding steroid dienone is 4. The second-order valence-corrected chi connectivity index (χ2v) is 10.6. The Bertz CT molecular complexity index is 1490. The number of amides is 1. The molecule has 39 heavy (non-hydrogen) atoms. The Morgan fingerprint density at radius 1 is 1.03 bits per heavy atom. The molecule has 2 heterocycles. The van der Waals surface area contributed by atoms with Gasteiger partial charge >= 0.3 is 0 Å². The first-order valence-electron chi connectivity index (χ1n) is 13.6. The van der Waals surface area contributed by atoms with E-state index in [0.717, 1.165) is 49.2 Å². The number of nitrogens with one attached hydrogen (secondary N) is 1. The fourth-order valence-corrected chi connectivity index (χ4v) is 5.50. The number of benzene rings is 2. The molecule has 1 aliphatic heterocycles. The fourth-order valence-electron chi connectivity index (χ4n) is 5.50. The first kappa shape index (κ1) is 25.2. The number of aliphatic hydroxyl groups excluding tert-OH is 1. The van der Waals surface area contributed by atoms with Gasteiger partial charge in [-0.15, -0.1) is 0 Å². The van der Waals surface area contributed by atoms with Crippen LogP contribution in [-0.2, 0) is 24.3 Å². The standard InChI is InChI=1S/C32H32N4O3/c37-29-10-12-35(13-11-29)19-23-6-7-24-15-26(16-25(24)14-23)30-17-28(8-9-31(30)38)34-32(39)27-18-33-36(21-27)20-22-4-2-1-3-5-22/h1-8,14,16-18,21,29,37H,9-13,15,19-20H2,(H,34,39). The molecule has 0 radical (unpaired) electrons. The quantitative estimate of drug-likeness (QED) is 0.491. The number of piperidine rings is 1. The maximum absolute atomic E-state index is 12.9. The van der Waals surface area contributed by atoms with Gasteiger partial charge in [0, 0.05) is 43.5 Å². The average molecular weight is 521 g/mol. The van der Waals surface area contributed by atoms with Crippen molar-refractivity contribution < 1.29 is 14.7 Å². The Morgan fingerprint density at radius 2 is 1.85 bits per heavy atom. The summed E-state index contributed by atoms with van der Waals surface area (Å²) in [6.45, 7) is 3.28. The van der Waals surface area contributed by atoms with E-state index in [-0.39, 0.29) is 24.2 Å². The molecule has 3 aliphatic rings.